The van der Waals surface area contributed by atoms with Crippen molar-refractivity contribution in [2.75, 3.05) is 0 Å². The van der Waals surface area contributed by atoms with Gasteiger partial charge in [0.25, 0.3) is 0 Å². The van der Waals surface area contributed by atoms with Gasteiger partial charge in [0.2, 0.25) is 0 Å². The van der Waals surface area contributed by atoms with Gasteiger partial charge in [-0.05, 0) is 115 Å². The summed E-state index contributed by atoms with van der Waals surface area (Å²) in [6, 6.07) is 0. The lowest BCUT2D eigenvalue weighted by Gasteiger charge is -2.35. The monoisotopic (exact) mass is 482 g/mol. The number of carbonyl (C=O) groups excluding carboxylic acids is 1. The number of hydrogen-bond acceptors (Lipinski definition) is 5. The van der Waals surface area contributed by atoms with Crippen molar-refractivity contribution in [3.8, 4) is 23.0 Å². The van der Waals surface area contributed by atoms with Crippen LogP contribution in [0.15, 0.2) is 0 Å². The summed E-state index contributed by atoms with van der Waals surface area (Å²) in [6.07, 6.45) is 1.94. The van der Waals surface area contributed by atoms with Crippen LogP contribution in [0, 0.1) is 41.5 Å². The molecule has 0 aromatic heterocycles. The van der Waals surface area contributed by atoms with Gasteiger partial charge in [-0.25, -0.2) is 0 Å². The molecule has 1 N–H and O–H groups in total. The van der Waals surface area contributed by atoms with E-state index in [9.17, 15) is 9.90 Å². The van der Waals surface area contributed by atoms with Crippen molar-refractivity contribution in [2.24, 2.45) is 0 Å². The number of ether oxygens (including phenoxy) is 3. The molecule has 0 saturated carbocycles. The van der Waals surface area contributed by atoms with Gasteiger partial charge in [0, 0.05) is 24.0 Å². The molecule has 0 bridgehead atoms. The van der Waals surface area contributed by atoms with E-state index in [1.165, 1.54) is 18.1 Å². The number of aromatic hydroxyl groups is 1. The highest BCUT2D eigenvalue weighted by Crippen LogP contribution is 2.51. The Morgan fingerprint density at radius 2 is 1.43 bits per heavy atom. The van der Waals surface area contributed by atoms with Gasteiger partial charge in [-0.15, -0.1) is 0 Å². The van der Waals surface area contributed by atoms with Gasteiger partial charge in [0.05, 0.1) is 0 Å². The minimum Gasteiger partial charge on any atom is -0.507 e. The van der Waals surface area contributed by atoms with Gasteiger partial charge in [0.15, 0.2) is 0 Å². The van der Waals surface area contributed by atoms with Gasteiger partial charge in [0.1, 0.15) is 34.2 Å². The molecule has 4 rings (SSSR count). The van der Waals surface area contributed by atoms with Crippen LogP contribution in [0.1, 0.15) is 98.4 Å². The van der Waals surface area contributed by atoms with Crippen LogP contribution in [0.3, 0.4) is 0 Å². The third kappa shape index (κ3) is 4.74. The van der Waals surface area contributed by atoms with Crippen molar-refractivity contribution in [2.45, 2.75) is 113 Å². The fourth-order valence-corrected chi connectivity index (χ4v) is 5.13. The van der Waals surface area contributed by atoms with Crippen molar-refractivity contribution >= 4 is 5.97 Å². The van der Waals surface area contributed by atoms with E-state index in [0.29, 0.717) is 17.4 Å². The Morgan fingerprint density at radius 3 is 2.00 bits per heavy atom. The molecule has 0 amide bonds. The zero-order valence-corrected chi connectivity index (χ0v) is 23.6. The quantitative estimate of drug-likeness (QED) is 0.343. The maximum atomic E-state index is 11.2. The number of phenolic OH excluding ortho intramolecular Hbond substituents is 1. The summed E-state index contributed by atoms with van der Waals surface area (Å²) in [5.74, 6) is 3.11. The van der Waals surface area contributed by atoms with Crippen LogP contribution >= 0.6 is 0 Å². The van der Waals surface area contributed by atoms with Gasteiger partial charge in [-0.1, -0.05) is 6.92 Å². The molecule has 2 heterocycles. The second-order valence-corrected chi connectivity index (χ2v) is 11.4. The maximum absolute atomic E-state index is 11.2. The fourth-order valence-electron chi connectivity index (χ4n) is 5.13. The van der Waals surface area contributed by atoms with Crippen LogP contribution in [0.2, 0.25) is 0 Å². The first-order chi connectivity index (χ1) is 16.0. The van der Waals surface area contributed by atoms with Crippen molar-refractivity contribution in [3.63, 3.8) is 0 Å². The van der Waals surface area contributed by atoms with Crippen molar-refractivity contribution in [3.05, 3.63) is 44.5 Å². The van der Waals surface area contributed by atoms with Gasteiger partial charge < -0.3 is 19.3 Å². The van der Waals surface area contributed by atoms with Crippen LogP contribution in [0.5, 0.6) is 23.0 Å². The number of esters is 1. The third-order valence-electron chi connectivity index (χ3n) is 8.02. The first-order valence-electron chi connectivity index (χ1n) is 12.5. The second kappa shape index (κ2) is 9.07. The average Bonchev–Trinajstić information content (AvgIpc) is 3.01. The van der Waals surface area contributed by atoms with Crippen LogP contribution in [-0.4, -0.2) is 22.3 Å². The summed E-state index contributed by atoms with van der Waals surface area (Å²) in [5.41, 5.74) is 8.10. The third-order valence-corrected chi connectivity index (χ3v) is 8.02. The lowest BCUT2D eigenvalue weighted by Crippen LogP contribution is -2.33. The van der Waals surface area contributed by atoms with Crippen LogP contribution in [0.4, 0.5) is 0 Å². The van der Waals surface area contributed by atoms with E-state index in [0.717, 1.165) is 57.7 Å². The van der Waals surface area contributed by atoms with Gasteiger partial charge >= 0.3 is 5.97 Å². The molecule has 0 aliphatic carbocycles. The molecule has 1 unspecified atom stereocenters. The lowest BCUT2D eigenvalue weighted by molar-refractivity contribution is -0.132. The van der Waals surface area contributed by atoms with E-state index < -0.39 is 0 Å². The highest BCUT2D eigenvalue weighted by Gasteiger charge is 2.41. The number of benzene rings is 2. The Morgan fingerprint density at radius 1 is 0.857 bits per heavy atom. The van der Waals surface area contributed by atoms with E-state index in [-0.39, 0.29) is 17.2 Å². The van der Waals surface area contributed by atoms with E-state index >= 15 is 0 Å². The highest BCUT2D eigenvalue weighted by molar-refractivity contribution is 5.72. The molecular weight excluding hydrogens is 440 g/mol. The van der Waals surface area contributed by atoms with Crippen LogP contribution in [0.25, 0.3) is 0 Å². The standard InChI is InChI=1S/C16H22O3.C14H20O2/c1-9-10(2)15-13(7-8-16(5,6)19-15)11(3)14(9)18-12(4)17;1-7-8(2)13-11(9(3)12(7)15)10(4)14(5,6)16-13/h7-8H2,1-6H3;10,15H,1-6H3. The molecule has 2 aliphatic heterocycles. The first kappa shape index (κ1) is 26.9. The summed E-state index contributed by atoms with van der Waals surface area (Å²) < 4.78 is 17.6. The Bertz CT molecular complexity index is 1190. The molecule has 1 atom stereocenters. The smallest absolute Gasteiger partial charge is 0.308 e. The summed E-state index contributed by atoms with van der Waals surface area (Å²) in [5, 5.41) is 10.1. The van der Waals surface area contributed by atoms with Crippen LogP contribution < -0.4 is 14.2 Å². The zero-order chi connectivity index (χ0) is 26.6. The topological polar surface area (TPSA) is 65.0 Å². The predicted molar refractivity (Wildman–Crippen MR) is 140 cm³/mol. The van der Waals surface area contributed by atoms with E-state index in [1.807, 2.05) is 41.5 Å². The largest absolute Gasteiger partial charge is 0.507 e. The Hall–Kier alpha value is -2.69. The lowest BCUT2D eigenvalue weighted by atomic mass is 9.84. The number of hydrogen-bond donors (Lipinski definition) is 1. The van der Waals surface area contributed by atoms with E-state index in [4.69, 9.17) is 14.2 Å². The Balaban J connectivity index is 0.000000198. The number of phenols is 1. The molecule has 0 radical (unpaired) electrons. The molecule has 5 heteroatoms. The maximum Gasteiger partial charge on any atom is 0.308 e. The SMILES string of the molecule is CC(=O)Oc1c(C)c(C)c2c(c1C)CCC(C)(C)O2.Cc1c(C)c2c(c(C)c1O)C(C)C(C)(C)O2. The van der Waals surface area contributed by atoms with Gasteiger partial charge in [-0.3, -0.25) is 4.79 Å². The minimum absolute atomic E-state index is 0.125. The molecule has 192 valence electrons. The van der Waals surface area contributed by atoms with E-state index in [2.05, 4.69) is 34.6 Å². The van der Waals surface area contributed by atoms with E-state index in [1.54, 1.807) is 0 Å². The van der Waals surface area contributed by atoms with Crippen LogP contribution in [-0.2, 0) is 11.2 Å². The number of fused-ring (bicyclic) bond motifs is 2. The zero-order valence-electron chi connectivity index (χ0n) is 23.6. The molecule has 0 fully saturated rings. The van der Waals surface area contributed by atoms with Crippen molar-refractivity contribution in [1.29, 1.82) is 0 Å². The molecule has 35 heavy (non-hydrogen) atoms. The Labute approximate surface area is 210 Å². The first-order valence-corrected chi connectivity index (χ1v) is 12.5. The second-order valence-electron chi connectivity index (χ2n) is 11.4. The molecule has 2 aromatic rings. The number of carbonyl (C=O) groups is 1. The van der Waals surface area contributed by atoms with Crippen molar-refractivity contribution in [1.82, 2.24) is 0 Å². The summed E-state index contributed by atoms with van der Waals surface area (Å²) in [4.78, 5) is 11.2. The van der Waals surface area contributed by atoms with Crippen molar-refractivity contribution < 1.29 is 24.1 Å². The normalized spacial score (nSPS) is 18.9. The molecule has 2 aromatic carbocycles. The summed E-state index contributed by atoms with van der Waals surface area (Å²) in [7, 11) is 0. The average molecular weight is 483 g/mol. The molecule has 0 spiro atoms. The summed E-state index contributed by atoms with van der Waals surface area (Å²) in [6.45, 7) is 24.0. The Kier molecular flexibility index (Phi) is 6.97. The predicted octanol–water partition coefficient (Wildman–Crippen LogP) is 7.23. The highest BCUT2D eigenvalue weighted by atomic mass is 16.5. The fraction of sp³-hybridized carbons (Fsp3) is 0.567. The minimum atomic E-state index is -0.275. The number of rotatable bonds is 1. The molecular formula is C30H42O5. The molecule has 2 aliphatic rings. The molecule has 0 saturated heterocycles. The van der Waals surface area contributed by atoms with Gasteiger partial charge in [-0.2, -0.15) is 0 Å². The molecule has 5 nitrogen and oxygen atoms in total. The summed E-state index contributed by atoms with van der Waals surface area (Å²) >= 11 is 0.